The molecule has 1 aliphatic rings. The number of aromatic nitrogens is 1. The maximum atomic E-state index is 14.1. The van der Waals surface area contributed by atoms with E-state index < -0.39 is 5.82 Å². The minimum atomic E-state index is -0.447. The summed E-state index contributed by atoms with van der Waals surface area (Å²) in [5, 5.41) is 1.78. The molecule has 5 nitrogen and oxygen atoms in total. The number of benzene rings is 2. The van der Waals surface area contributed by atoms with Crippen molar-refractivity contribution < 1.29 is 18.7 Å². The van der Waals surface area contributed by atoms with Crippen LogP contribution in [0.3, 0.4) is 0 Å². The topological polar surface area (TPSA) is 43.7 Å². The molecule has 1 aliphatic heterocycles. The molecule has 1 saturated heterocycles. The Kier molecular flexibility index (Phi) is 6.78. The zero-order valence-corrected chi connectivity index (χ0v) is 20.5. The average Bonchev–Trinajstić information content (AvgIpc) is 3.24. The fourth-order valence-electron chi connectivity index (χ4n) is 3.48. The summed E-state index contributed by atoms with van der Waals surface area (Å²) in [7, 11) is 1.52. The molecule has 2 heterocycles. The van der Waals surface area contributed by atoms with Crippen molar-refractivity contribution in [2.45, 2.75) is 20.5 Å². The number of ether oxygens (including phenoxy) is 2. The van der Waals surface area contributed by atoms with Crippen LogP contribution in [0.2, 0.25) is 5.02 Å². The van der Waals surface area contributed by atoms with Gasteiger partial charge in [0.1, 0.15) is 12.4 Å². The quantitative estimate of drug-likeness (QED) is 0.304. The molecule has 0 atom stereocenters. The van der Waals surface area contributed by atoms with E-state index in [9.17, 15) is 9.18 Å². The Labute approximate surface area is 205 Å². The molecule has 0 N–H and O–H groups in total. The number of aryl methyl sites for hydroxylation is 2. The molecule has 170 valence electrons. The van der Waals surface area contributed by atoms with E-state index in [0.29, 0.717) is 26.3 Å². The number of methoxy groups -OCH3 is 1. The fraction of sp³-hybridized carbons (Fsp3) is 0.167. The Balaban J connectivity index is 1.61. The maximum Gasteiger partial charge on any atom is 0.285 e. The second-order valence-corrected chi connectivity index (χ2v) is 9.40. The van der Waals surface area contributed by atoms with Crippen LogP contribution < -0.4 is 14.5 Å². The Morgan fingerprint density at radius 1 is 1.12 bits per heavy atom. The zero-order chi connectivity index (χ0) is 23.7. The van der Waals surface area contributed by atoms with Gasteiger partial charge in [-0.05, 0) is 74.1 Å². The molecule has 33 heavy (non-hydrogen) atoms. The molecule has 0 bridgehead atoms. The average molecular weight is 503 g/mol. The molecule has 9 heteroatoms. The van der Waals surface area contributed by atoms with Crippen molar-refractivity contribution in [2.75, 3.05) is 12.1 Å². The SMILES string of the molecule is COc1ccc(/C=C2/SC(=S)N(n3c(C)ccc3C)C2=O)cc1OCc1c(F)cccc1Cl. The molecular weight excluding hydrogens is 483 g/mol. The van der Waals surface area contributed by atoms with Gasteiger partial charge in [-0.15, -0.1) is 0 Å². The maximum absolute atomic E-state index is 14.1. The largest absolute Gasteiger partial charge is 0.493 e. The molecule has 1 fully saturated rings. The van der Waals surface area contributed by atoms with E-state index in [1.807, 2.05) is 26.0 Å². The molecule has 0 saturated carbocycles. The third-order valence-electron chi connectivity index (χ3n) is 5.13. The van der Waals surface area contributed by atoms with Crippen LogP contribution in [0.25, 0.3) is 6.08 Å². The van der Waals surface area contributed by atoms with Gasteiger partial charge in [0.15, 0.2) is 15.8 Å². The van der Waals surface area contributed by atoms with Crippen LogP contribution in [-0.2, 0) is 11.4 Å². The molecule has 0 radical (unpaired) electrons. The first kappa shape index (κ1) is 23.4. The number of thiocarbonyl (C=S) groups is 1. The van der Waals surface area contributed by atoms with Gasteiger partial charge < -0.3 is 9.47 Å². The summed E-state index contributed by atoms with van der Waals surface area (Å²) in [6.07, 6.45) is 1.75. The van der Waals surface area contributed by atoms with E-state index in [4.69, 9.17) is 33.3 Å². The summed E-state index contributed by atoms with van der Waals surface area (Å²) in [6.45, 7) is 3.77. The summed E-state index contributed by atoms with van der Waals surface area (Å²) < 4.78 is 27.6. The number of thioether (sulfide) groups is 1. The second kappa shape index (κ2) is 9.59. The lowest BCUT2D eigenvalue weighted by molar-refractivity contribution is -0.114. The van der Waals surface area contributed by atoms with Crippen molar-refractivity contribution in [2.24, 2.45) is 0 Å². The Morgan fingerprint density at radius 3 is 2.52 bits per heavy atom. The molecule has 0 spiro atoms. The van der Waals surface area contributed by atoms with Crippen LogP contribution in [-0.4, -0.2) is 22.0 Å². The van der Waals surface area contributed by atoms with E-state index in [2.05, 4.69) is 0 Å². The number of hydrogen-bond donors (Lipinski definition) is 0. The van der Waals surface area contributed by atoms with Crippen molar-refractivity contribution in [3.05, 3.63) is 86.8 Å². The van der Waals surface area contributed by atoms with Crippen LogP contribution in [0.1, 0.15) is 22.5 Å². The van der Waals surface area contributed by atoms with Gasteiger partial charge in [-0.25, -0.2) is 4.39 Å². The smallest absolute Gasteiger partial charge is 0.285 e. The normalized spacial score (nSPS) is 14.9. The molecule has 3 aromatic rings. The molecule has 0 unspecified atom stereocenters. The molecule has 0 aliphatic carbocycles. The van der Waals surface area contributed by atoms with Crippen molar-refractivity contribution in [1.29, 1.82) is 0 Å². The summed E-state index contributed by atoms with van der Waals surface area (Å²) in [4.78, 5) is 13.6. The van der Waals surface area contributed by atoms with Crippen molar-refractivity contribution in [3.8, 4) is 11.5 Å². The first-order valence-electron chi connectivity index (χ1n) is 9.97. The number of hydrogen-bond acceptors (Lipinski definition) is 5. The molecular formula is C24H20ClFN2O3S2. The van der Waals surface area contributed by atoms with Gasteiger partial charge in [0.05, 0.1) is 17.0 Å². The Hall–Kier alpha value is -2.81. The van der Waals surface area contributed by atoms with Crippen LogP contribution in [0.15, 0.2) is 53.4 Å². The summed E-state index contributed by atoms with van der Waals surface area (Å²) in [5.41, 5.74) is 2.80. The van der Waals surface area contributed by atoms with E-state index in [-0.39, 0.29) is 23.1 Å². The third kappa shape index (κ3) is 4.64. The minimum Gasteiger partial charge on any atom is -0.493 e. The molecule has 1 amide bonds. The number of nitrogens with zero attached hydrogens (tertiary/aromatic N) is 2. The van der Waals surface area contributed by atoms with Gasteiger partial charge in [0.2, 0.25) is 0 Å². The monoisotopic (exact) mass is 502 g/mol. The first-order valence-corrected chi connectivity index (χ1v) is 11.6. The Morgan fingerprint density at radius 2 is 1.85 bits per heavy atom. The number of carbonyl (C=O) groups excluding carboxylic acids is 1. The van der Waals surface area contributed by atoms with Gasteiger partial charge in [-0.3, -0.25) is 9.47 Å². The van der Waals surface area contributed by atoms with E-state index in [1.165, 1.54) is 36.0 Å². The number of halogens is 2. The predicted molar refractivity (Wildman–Crippen MR) is 134 cm³/mol. The van der Waals surface area contributed by atoms with Crippen molar-refractivity contribution >= 4 is 51.9 Å². The number of amides is 1. The van der Waals surface area contributed by atoms with Crippen LogP contribution >= 0.6 is 35.6 Å². The number of rotatable bonds is 6. The molecule has 1 aromatic heterocycles. The van der Waals surface area contributed by atoms with Gasteiger partial charge in [-0.1, -0.05) is 35.5 Å². The van der Waals surface area contributed by atoms with Gasteiger partial charge in [0, 0.05) is 17.0 Å². The highest BCUT2D eigenvalue weighted by Gasteiger charge is 2.34. The third-order valence-corrected chi connectivity index (χ3v) is 6.76. The highest BCUT2D eigenvalue weighted by molar-refractivity contribution is 8.27. The summed E-state index contributed by atoms with van der Waals surface area (Å²) in [6, 6.07) is 13.6. The van der Waals surface area contributed by atoms with Crippen molar-refractivity contribution in [1.82, 2.24) is 4.68 Å². The fourth-order valence-corrected chi connectivity index (χ4v) is 4.93. The summed E-state index contributed by atoms with van der Waals surface area (Å²) in [5.74, 6) is 0.226. The highest BCUT2D eigenvalue weighted by Crippen LogP contribution is 2.35. The van der Waals surface area contributed by atoms with Gasteiger partial charge in [-0.2, -0.15) is 5.01 Å². The first-order chi connectivity index (χ1) is 15.8. The zero-order valence-electron chi connectivity index (χ0n) is 18.1. The molecule has 4 rings (SSSR count). The molecule has 2 aromatic carbocycles. The minimum absolute atomic E-state index is 0.0698. The van der Waals surface area contributed by atoms with E-state index >= 15 is 0 Å². The summed E-state index contributed by atoms with van der Waals surface area (Å²) >= 11 is 12.8. The Bertz CT molecular complexity index is 1250. The lowest BCUT2D eigenvalue weighted by Crippen LogP contribution is -2.39. The van der Waals surface area contributed by atoms with E-state index in [1.54, 1.807) is 35.0 Å². The number of carbonyl (C=O) groups is 1. The van der Waals surface area contributed by atoms with Crippen molar-refractivity contribution in [3.63, 3.8) is 0 Å². The lowest BCUT2D eigenvalue weighted by Gasteiger charge is -2.20. The lowest BCUT2D eigenvalue weighted by atomic mass is 10.1. The standard InChI is InChI=1S/C24H20ClFN2O3S2/c1-14-7-8-15(2)27(14)28-23(29)22(33-24(28)32)12-16-9-10-20(30-3)21(11-16)31-13-17-18(25)5-4-6-19(17)26/h4-12H,13H2,1-3H3/b22-12+. The van der Waals surface area contributed by atoms with E-state index in [0.717, 1.165) is 11.4 Å². The predicted octanol–water partition coefficient (Wildman–Crippen LogP) is 6.02. The van der Waals surface area contributed by atoms with Crippen LogP contribution in [0.5, 0.6) is 11.5 Å². The van der Waals surface area contributed by atoms with Gasteiger partial charge >= 0.3 is 0 Å². The van der Waals surface area contributed by atoms with Gasteiger partial charge in [0.25, 0.3) is 5.91 Å². The van der Waals surface area contributed by atoms with Crippen LogP contribution in [0.4, 0.5) is 4.39 Å². The highest BCUT2D eigenvalue weighted by atomic mass is 35.5. The van der Waals surface area contributed by atoms with Crippen LogP contribution in [0, 0.1) is 19.7 Å². The second-order valence-electron chi connectivity index (χ2n) is 7.32.